The summed E-state index contributed by atoms with van der Waals surface area (Å²) >= 11 is 1.49. The van der Waals surface area contributed by atoms with E-state index in [1.54, 1.807) is 12.1 Å². The van der Waals surface area contributed by atoms with E-state index in [-0.39, 0.29) is 5.91 Å². The van der Waals surface area contributed by atoms with Crippen molar-refractivity contribution in [3.63, 3.8) is 0 Å². The number of carbonyl (C=O) groups is 1. The van der Waals surface area contributed by atoms with E-state index in [9.17, 15) is 4.79 Å². The minimum absolute atomic E-state index is 0.314. The fourth-order valence-corrected chi connectivity index (χ4v) is 3.32. The molecule has 0 aliphatic heterocycles. The van der Waals surface area contributed by atoms with Gasteiger partial charge in [0.05, 0.1) is 25.2 Å². The Morgan fingerprint density at radius 3 is 2.33 bits per heavy atom. The Morgan fingerprint density at radius 1 is 1.04 bits per heavy atom. The Morgan fingerprint density at radius 2 is 1.70 bits per heavy atom. The molecule has 1 amide bonds. The lowest BCUT2D eigenvalue weighted by atomic mass is 10.1. The molecular weight excluding hydrogens is 366 g/mol. The van der Waals surface area contributed by atoms with Crippen LogP contribution in [0.5, 0.6) is 17.2 Å². The van der Waals surface area contributed by atoms with Gasteiger partial charge in [0.2, 0.25) is 5.75 Å². The summed E-state index contributed by atoms with van der Waals surface area (Å²) < 4.78 is 17.0. The van der Waals surface area contributed by atoms with E-state index in [1.807, 2.05) is 32.2 Å². The van der Waals surface area contributed by atoms with Gasteiger partial charge in [-0.15, -0.1) is 11.3 Å². The Balaban J connectivity index is 1.96. The van der Waals surface area contributed by atoms with Gasteiger partial charge in [-0.3, -0.25) is 4.79 Å². The SMILES string of the molecule is CCOc1cc(C(=O)Nc2ncnc3sccc23)cc(OCC)c1OCC. The van der Waals surface area contributed by atoms with Crippen LogP contribution in [0.1, 0.15) is 31.1 Å². The number of thiophene rings is 1. The van der Waals surface area contributed by atoms with Gasteiger partial charge in [0.25, 0.3) is 5.91 Å². The maximum atomic E-state index is 12.8. The average molecular weight is 387 g/mol. The van der Waals surface area contributed by atoms with Gasteiger partial charge < -0.3 is 19.5 Å². The number of benzene rings is 1. The third kappa shape index (κ3) is 4.11. The Bertz CT molecular complexity index is 915. The normalized spacial score (nSPS) is 10.6. The summed E-state index contributed by atoms with van der Waals surface area (Å²) in [5.74, 6) is 1.60. The topological polar surface area (TPSA) is 82.6 Å². The molecule has 3 aromatic rings. The zero-order valence-corrected chi connectivity index (χ0v) is 16.3. The fourth-order valence-electron chi connectivity index (χ4n) is 2.59. The van der Waals surface area contributed by atoms with E-state index in [1.165, 1.54) is 17.7 Å². The molecule has 0 radical (unpaired) electrons. The third-order valence-electron chi connectivity index (χ3n) is 3.66. The molecule has 142 valence electrons. The third-order valence-corrected chi connectivity index (χ3v) is 4.49. The summed E-state index contributed by atoms with van der Waals surface area (Å²) in [7, 11) is 0. The van der Waals surface area contributed by atoms with Crippen LogP contribution < -0.4 is 19.5 Å². The molecule has 0 fully saturated rings. The van der Waals surface area contributed by atoms with Crippen LogP contribution in [0.2, 0.25) is 0 Å². The monoisotopic (exact) mass is 387 g/mol. The second-order valence-corrected chi connectivity index (χ2v) is 6.31. The highest BCUT2D eigenvalue weighted by molar-refractivity contribution is 7.16. The molecule has 0 aliphatic carbocycles. The maximum Gasteiger partial charge on any atom is 0.257 e. The molecule has 0 atom stereocenters. The molecule has 0 spiro atoms. The van der Waals surface area contributed by atoms with Crippen LogP contribution in [0.15, 0.2) is 29.9 Å². The summed E-state index contributed by atoms with van der Waals surface area (Å²) in [6.07, 6.45) is 1.43. The number of carbonyl (C=O) groups excluding carboxylic acids is 1. The van der Waals surface area contributed by atoms with Crippen molar-refractivity contribution in [3.8, 4) is 17.2 Å². The molecule has 1 aromatic carbocycles. The number of ether oxygens (including phenoxy) is 3. The maximum absolute atomic E-state index is 12.8. The lowest BCUT2D eigenvalue weighted by molar-refractivity contribution is 0.102. The summed E-state index contributed by atoms with van der Waals surface area (Å²) in [4.78, 5) is 22.0. The van der Waals surface area contributed by atoms with Gasteiger partial charge in [0.1, 0.15) is 17.0 Å². The summed E-state index contributed by atoms with van der Waals surface area (Å²) in [5.41, 5.74) is 0.396. The van der Waals surface area contributed by atoms with Crippen molar-refractivity contribution >= 4 is 33.3 Å². The van der Waals surface area contributed by atoms with E-state index in [0.717, 1.165) is 10.2 Å². The predicted octanol–water partition coefficient (Wildman–Crippen LogP) is 4.14. The van der Waals surface area contributed by atoms with E-state index in [0.29, 0.717) is 48.5 Å². The molecule has 3 rings (SSSR count). The van der Waals surface area contributed by atoms with Crippen molar-refractivity contribution in [3.05, 3.63) is 35.5 Å². The first kappa shape index (κ1) is 18.9. The van der Waals surface area contributed by atoms with Crippen molar-refractivity contribution in [1.82, 2.24) is 9.97 Å². The van der Waals surface area contributed by atoms with Crippen LogP contribution in [0.3, 0.4) is 0 Å². The lowest BCUT2D eigenvalue weighted by Gasteiger charge is -2.17. The fraction of sp³-hybridized carbons (Fsp3) is 0.316. The second kappa shape index (κ2) is 8.68. The standard InChI is InChI=1S/C19H21N3O4S/c1-4-24-14-9-12(10-15(25-5-2)16(14)26-6-3)18(23)22-17-13-7-8-27-19(13)21-11-20-17/h7-11H,4-6H2,1-3H3,(H,20,21,22,23). The van der Waals surface area contributed by atoms with Gasteiger partial charge in [0.15, 0.2) is 11.5 Å². The van der Waals surface area contributed by atoms with E-state index in [4.69, 9.17) is 14.2 Å². The molecule has 0 saturated heterocycles. The zero-order valence-electron chi connectivity index (χ0n) is 15.4. The van der Waals surface area contributed by atoms with Crippen LogP contribution >= 0.6 is 11.3 Å². The quantitative estimate of drug-likeness (QED) is 0.625. The van der Waals surface area contributed by atoms with Crippen molar-refractivity contribution < 1.29 is 19.0 Å². The first-order chi connectivity index (χ1) is 13.2. The summed E-state index contributed by atoms with van der Waals surface area (Å²) in [5, 5.41) is 5.55. The highest BCUT2D eigenvalue weighted by Crippen LogP contribution is 2.39. The number of aromatic nitrogens is 2. The number of nitrogens with zero attached hydrogens (tertiary/aromatic N) is 2. The first-order valence-corrected chi connectivity index (χ1v) is 9.61. The minimum Gasteiger partial charge on any atom is -0.490 e. The number of amides is 1. The van der Waals surface area contributed by atoms with Crippen molar-refractivity contribution in [2.75, 3.05) is 25.1 Å². The largest absolute Gasteiger partial charge is 0.490 e. The average Bonchev–Trinajstić information content (AvgIpc) is 3.14. The van der Waals surface area contributed by atoms with E-state index >= 15 is 0 Å². The number of nitrogens with one attached hydrogen (secondary N) is 1. The Kier molecular flexibility index (Phi) is 6.08. The van der Waals surface area contributed by atoms with E-state index < -0.39 is 0 Å². The molecule has 0 unspecified atom stereocenters. The molecule has 27 heavy (non-hydrogen) atoms. The molecule has 0 aliphatic rings. The number of rotatable bonds is 8. The number of fused-ring (bicyclic) bond motifs is 1. The van der Waals surface area contributed by atoms with Gasteiger partial charge in [-0.25, -0.2) is 9.97 Å². The molecule has 1 N–H and O–H groups in total. The van der Waals surface area contributed by atoms with Crippen LogP contribution in [-0.2, 0) is 0 Å². The lowest BCUT2D eigenvalue weighted by Crippen LogP contribution is -2.14. The predicted molar refractivity (Wildman–Crippen MR) is 105 cm³/mol. The molecule has 2 heterocycles. The van der Waals surface area contributed by atoms with Crippen molar-refractivity contribution in [2.24, 2.45) is 0 Å². The van der Waals surface area contributed by atoms with Gasteiger partial charge in [-0.1, -0.05) is 0 Å². The first-order valence-electron chi connectivity index (χ1n) is 8.73. The summed E-state index contributed by atoms with van der Waals surface area (Å²) in [6, 6.07) is 5.18. The highest BCUT2D eigenvalue weighted by atomic mass is 32.1. The number of hydrogen-bond donors (Lipinski definition) is 1. The molecule has 7 nitrogen and oxygen atoms in total. The smallest absolute Gasteiger partial charge is 0.257 e. The molecule has 0 bridgehead atoms. The van der Waals surface area contributed by atoms with E-state index in [2.05, 4.69) is 15.3 Å². The Labute approximate surface area is 161 Å². The molecule has 8 heteroatoms. The number of anilines is 1. The van der Waals surface area contributed by atoms with Crippen LogP contribution in [0.25, 0.3) is 10.2 Å². The summed E-state index contributed by atoms with van der Waals surface area (Å²) in [6.45, 7) is 6.97. The van der Waals surface area contributed by atoms with Gasteiger partial charge in [0, 0.05) is 5.56 Å². The molecule has 2 aromatic heterocycles. The van der Waals surface area contributed by atoms with Crippen LogP contribution in [-0.4, -0.2) is 35.7 Å². The second-order valence-electron chi connectivity index (χ2n) is 5.42. The Hall–Kier alpha value is -2.87. The van der Waals surface area contributed by atoms with Gasteiger partial charge >= 0.3 is 0 Å². The van der Waals surface area contributed by atoms with Gasteiger partial charge in [-0.2, -0.15) is 0 Å². The van der Waals surface area contributed by atoms with Gasteiger partial charge in [-0.05, 0) is 44.4 Å². The van der Waals surface area contributed by atoms with Crippen molar-refractivity contribution in [1.29, 1.82) is 0 Å². The van der Waals surface area contributed by atoms with Crippen molar-refractivity contribution in [2.45, 2.75) is 20.8 Å². The minimum atomic E-state index is -0.314. The highest BCUT2D eigenvalue weighted by Gasteiger charge is 2.19. The zero-order chi connectivity index (χ0) is 19.2. The molecule has 0 saturated carbocycles. The number of hydrogen-bond acceptors (Lipinski definition) is 7. The van der Waals surface area contributed by atoms with Crippen LogP contribution in [0, 0.1) is 0 Å². The van der Waals surface area contributed by atoms with Crippen LogP contribution in [0.4, 0.5) is 5.82 Å². The molecular formula is C19H21N3O4S.